The lowest BCUT2D eigenvalue weighted by atomic mass is 10.1. The molecule has 96 valence electrons. The highest BCUT2D eigenvalue weighted by Crippen LogP contribution is 2.46. The number of hydrogen-bond acceptors (Lipinski definition) is 2. The fourth-order valence-electron chi connectivity index (χ4n) is 2.45. The van der Waals surface area contributed by atoms with Crippen molar-refractivity contribution in [1.29, 1.82) is 0 Å². The zero-order chi connectivity index (χ0) is 13.3. The molecule has 0 bridgehead atoms. The fraction of sp³-hybridized carbons (Fsp3) is 0.333. The number of benzene rings is 2. The maximum absolute atomic E-state index is 12.9. The van der Waals surface area contributed by atoms with Crippen LogP contribution in [0.25, 0.3) is 10.8 Å². The van der Waals surface area contributed by atoms with Crippen molar-refractivity contribution in [3.63, 3.8) is 0 Å². The Bertz CT molecular complexity index is 626. The first-order chi connectivity index (χ1) is 8.53. The van der Waals surface area contributed by atoms with Crippen LogP contribution in [0, 0.1) is 6.92 Å². The molecule has 0 atom stereocenters. The van der Waals surface area contributed by atoms with Gasteiger partial charge in [0.1, 0.15) is 7.14 Å². The second kappa shape index (κ2) is 4.78. The van der Waals surface area contributed by atoms with Crippen LogP contribution in [0.15, 0.2) is 30.3 Å². The summed E-state index contributed by atoms with van der Waals surface area (Å²) in [4.78, 5) is 0. The van der Waals surface area contributed by atoms with Gasteiger partial charge in [-0.15, -0.1) is 0 Å². The quantitative estimate of drug-likeness (QED) is 0.675. The zero-order valence-electron chi connectivity index (χ0n) is 11.2. The molecule has 0 aliphatic carbocycles. The van der Waals surface area contributed by atoms with E-state index in [2.05, 4.69) is 6.07 Å². The molecule has 0 unspecified atom stereocenters. The summed E-state index contributed by atoms with van der Waals surface area (Å²) in [5.74, 6) is 0. The minimum atomic E-state index is -2.28. The number of hydrogen-bond donors (Lipinski definition) is 1. The van der Waals surface area contributed by atoms with Crippen LogP contribution in [0.5, 0.6) is 0 Å². The van der Waals surface area contributed by atoms with E-state index < -0.39 is 7.14 Å². The minimum Gasteiger partial charge on any atom is -0.398 e. The van der Waals surface area contributed by atoms with E-state index in [0.29, 0.717) is 12.3 Å². The maximum atomic E-state index is 12.9. The van der Waals surface area contributed by atoms with E-state index in [-0.39, 0.29) is 0 Å². The van der Waals surface area contributed by atoms with Gasteiger partial charge in [-0.3, -0.25) is 0 Å². The maximum Gasteiger partial charge on any atom is 0.115 e. The molecule has 0 fully saturated rings. The third kappa shape index (κ3) is 1.95. The van der Waals surface area contributed by atoms with Gasteiger partial charge < -0.3 is 10.3 Å². The Morgan fingerprint density at radius 3 is 2.39 bits per heavy atom. The first kappa shape index (κ1) is 13.2. The summed E-state index contributed by atoms with van der Waals surface area (Å²) in [6, 6.07) is 10.1. The Kier molecular flexibility index (Phi) is 3.49. The standard InChI is InChI=1S/C15H20NOP/c1-4-18(17,5-2)14-10-12-8-6-7-9-13(12)15(16)11(14)3/h6-10H,4-5,16H2,1-3H3. The molecule has 0 saturated carbocycles. The number of nitrogens with two attached hydrogens (primary N) is 1. The average Bonchev–Trinajstić information content (AvgIpc) is 2.42. The Morgan fingerprint density at radius 2 is 1.78 bits per heavy atom. The summed E-state index contributed by atoms with van der Waals surface area (Å²) in [6.45, 7) is 5.97. The van der Waals surface area contributed by atoms with Crippen molar-refractivity contribution in [2.24, 2.45) is 0 Å². The Balaban J connectivity index is 2.81. The number of fused-ring (bicyclic) bond motifs is 1. The van der Waals surface area contributed by atoms with Crippen LogP contribution in [0.3, 0.4) is 0 Å². The van der Waals surface area contributed by atoms with Crippen LogP contribution in [0.4, 0.5) is 5.69 Å². The van der Waals surface area contributed by atoms with Gasteiger partial charge in [0.05, 0.1) is 0 Å². The highest BCUT2D eigenvalue weighted by atomic mass is 31.2. The molecule has 0 radical (unpaired) electrons. The molecule has 0 aliphatic rings. The summed E-state index contributed by atoms with van der Waals surface area (Å²) in [5.41, 5.74) is 7.96. The number of anilines is 1. The van der Waals surface area contributed by atoms with E-state index in [1.807, 2.05) is 45.0 Å². The van der Waals surface area contributed by atoms with Gasteiger partial charge in [-0.05, 0) is 23.9 Å². The molecule has 0 heterocycles. The molecule has 0 spiro atoms. The molecule has 0 saturated heterocycles. The Morgan fingerprint density at radius 1 is 1.17 bits per heavy atom. The highest BCUT2D eigenvalue weighted by molar-refractivity contribution is 7.71. The largest absolute Gasteiger partial charge is 0.398 e. The molecule has 2 aromatic carbocycles. The van der Waals surface area contributed by atoms with Crippen molar-refractivity contribution in [2.45, 2.75) is 20.8 Å². The predicted molar refractivity (Wildman–Crippen MR) is 81.4 cm³/mol. The number of nitrogen functional groups attached to an aromatic ring is 1. The van der Waals surface area contributed by atoms with Gasteiger partial charge in [0.15, 0.2) is 0 Å². The van der Waals surface area contributed by atoms with Gasteiger partial charge in [0.25, 0.3) is 0 Å². The van der Waals surface area contributed by atoms with E-state index >= 15 is 0 Å². The third-order valence-corrected chi connectivity index (χ3v) is 7.18. The van der Waals surface area contributed by atoms with Crippen LogP contribution in [-0.2, 0) is 4.57 Å². The van der Waals surface area contributed by atoms with Gasteiger partial charge in [0, 0.05) is 28.7 Å². The van der Waals surface area contributed by atoms with Crippen LogP contribution < -0.4 is 11.0 Å². The van der Waals surface area contributed by atoms with Crippen molar-refractivity contribution in [3.8, 4) is 0 Å². The second-order valence-electron chi connectivity index (χ2n) is 4.68. The van der Waals surface area contributed by atoms with Crippen molar-refractivity contribution in [3.05, 3.63) is 35.9 Å². The molecule has 18 heavy (non-hydrogen) atoms. The molecular weight excluding hydrogens is 241 g/mol. The Hall–Kier alpha value is -1.27. The van der Waals surface area contributed by atoms with E-state index in [1.165, 1.54) is 0 Å². The summed E-state index contributed by atoms with van der Waals surface area (Å²) in [6.07, 6.45) is 1.39. The van der Waals surface area contributed by atoms with Crippen LogP contribution in [0.1, 0.15) is 19.4 Å². The first-order valence-electron chi connectivity index (χ1n) is 6.40. The van der Waals surface area contributed by atoms with Gasteiger partial charge in [-0.1, -0.05) is 38.1 Å². The van der Waals surface area contributed by atoms with Gasteiger partial charge in [0.2, 0.25) is 0 Å². The van der Waals surface area contributed by atoms with Crippen molar-refractivity contribution >= 4 is 28.9 Å². The fourth-order valence-corrected chi connectivity index (χ4v) is 4.69. The third-order valence-electron chi connectivity index (χ3n) is 3.79. The topological polar surface area (TPSA) is 43.1 Å². The summed E-state index contributed by atoms with van der Waals surface area (Å²) < 4.78 is 12.9. The first-order valence-corrected chi connectivity index (χ1v) is 8.47. The molecule has 2 aromatic rings. The molecule has 2 rings (SSSR count). The molecule has 0 aliphatic heterocycles. The summed E-state index contributed by atoms with van der Waals surface area (Å²) >= 11 is 0. The lowest BCUT2D eigenvalue weighted by Gasteiger charge is -2.20. The molecular formula is C15H20NOP. The monoisotopic (exact) mass is 261 g/mol. The van der Waals surface area contributed by atoms with Crippen LogP contribution >= 0.6 is 7.14 Å². The van der Waals surface area contributed by atoms with E-state index in [4.69, 9.17) is 5.73 Å². The normalized spacial score (nSPS) is 11.9. The molecule has 2 nitrogen and oxygen atoms in total. The van der Waals surface area contributed by atoms with E-state index in [1.54, 1.807) is 0 Å². The number of rotatable bonds is 3. The van der Waals surface area contributed by atoms with Gasteiger partial charge in [-0.25, -0.2) is 0 Å². The lowest BCUT2D eigenvalue weighted by molar-refractivity contribution is 0.582. The van der Waals surface area contributed by atoms with Crippen molar-refractivity contribution < 1.29 is 4.57 Å². The van der Waals surface area contributed by atoms with Crippen molar-refractivity contribution in [1.82, 2.24) is 0 Å². The molecule has 2 N–H and O–H groups in total. The Labute approximate surface area is 109 Å². The average molecular weight is 261 g/mol. The van der Waals surface area contributed by atoms with Crippen LogP contribution in [-0.4, -0.2) is 12.3 Å². The lowest BCUT2D eigenvalue weighted by Crippen LogP contribution is -2.14. The molecule has 0 amide bonds. The van der Waals surface area contributed by atoms with E-state index in [0.717, 1.165) is 27.3 Å². The minimum absolute atomic E-state index is 0.697. The molecule has 3 heteroatoms. The zero-order valence-corrected chi connectivity index (χ0v) is 12.1. The summed E-state index contributed by atoms with van der Waals surface area (Å²) in [5, 5.41) is 3.10. The van der Waals surface area contributed by atoms with Gasteiger partial charge in [-0.2, -0.15) is 0 Å². The smallest absolute Gasteiger partial charge is 0.115 e. The van der Waals surface area contributed by atoms with Gasteiger partial charge >= 0.3 is 0 Å². The highest BCUT2D eigenvalue weighted by Gasteiger charge is 2.23. The predicted octanol–water partition coefficient (Wildman–Crippen LogP) is 3.76. The second-order valence-corrected chi connectivity index (χ2v) is 8.20. The summed E-state index contributed by atoms with van der Waals surface area (Å²) in [7, 11) is -2.28. The van der Waals surface area contributed by atoms with Crippen molar-refractivity contribution in [2.75, 3.05) is 18.1 Å². The SMILES string of the molecule is CCP(=O)(CC)c1cc2ccccc2c(N)c1C. The van der Waals surface area contributed by atoms with Crippen LogP contribution in [0.2, 0.25) is 0 Å². The molecule has 0 aromatic heterocycles. The van der Waals surface area contributed by atoms with E-state index in [9.17, 15) is 4.57 Å².